The molecule has 1 atom stereocenters. The molecule has 2 heterocycles. The first-order chi connectivity index (χ1) is 19.7. The van der Waals surface area contributed by atoms with Crippen LogP contribution in [0.5, 0.6) is 17.2 Å². The smallest absolute Gasteiger partial charge is 0.416 e. The molecule has 0 aliphatic carbocycles. The summed E-state index contributed by atoms with van der Waals surface area (Å²) >= 11 is 0. The van der Waals surface area contributed by atoms with E-state index in [1.807, 2.05) is 6.07 Å². The Kier molecular flexibility index (Phi) is 9.74. The second kappa shape index (κ2) is 13.4. The van der Waals surface area contributed by atoms with Gasteiger partial charge in [-0.05, 0) is 48.9 Å². The minimum atomic E-state index is -4.36. The van der Waals surface area contributed by atoms with Crippen molar-refractivity contribution in [1.29, 1.82) is 0 Å². The maximum atomic E-state index is 12.7. The van der Waals surface area contributed by atoms with Crippen molar-refractivity contribution < 1.29 is 32.2 Å². The summed E-state index contributed by atoms with van der Waals surface area (Å²) in [5, 5.41) is 6.09. The van der Waals surface area contributed by atoms with Crippen LogP contribution in [-0.2, 0) is 17.4 Å². The summed E-state index contributed by atoms with van der Waals surface area (Å²) in [6, 6.07) is 10.4. The van der Waals surface area contributed by atoms with Crippen LogP contribution in [0.4, 0.5) is 30.6 Å². The van der Waals surface area contributed by atoms with Gasteiger partial charge < -0.3 is 29.7 Å². The van der Waals surface area contributed by atoms with Gasteiger partial charge in [0.05, 0.1) is 26.9 Å². The highest BCUT2D eigenvalue weighted by Gasteiger charge is 2.30. The molecule has 2 N–H and O–H groups in total. The zero-order chi connectivity index (χ0) is 29.4. The number of hydrogen-bond donors (Lipinski definition) is 2. The first kappa shape index (κ1) is 29.8. The molecule has 1 aromatic heterocycles. The summed E-state index contributed by atoms with van der Waals surface area (Å²) in [5.41, 5.74) is 0.725. The molecular weight excluding hydrogens is 539 g/mol. The number of ether oxygens (including phenoxy) is 3. The Morgan fingerprint density at radius 1 is 1.05 bits per heavy atom. The number of amides is 1. The SMILES string of the molecule is COc1cc(Nc2nccc(N3CCCC(CC(=O)NCCc4ccc(C(F)(F)F)cc4)C3)n2)cc(OC)c1OC. The minimum absolute atomic E-state index is 0.0730. The van der Waals surface area contributed by atoms with Gasteiger partial charge in [0.15, 0.2) is 11.5 Å². The lowest BCUT2D eigenvalue weighted by atomic mass is 9.94. The Hall–Kier alpha value is -4.22. The summed E-state index contributed by atoms with van der Waals surface area (Å²) in [6.07, 6.45) is -0.00835. The molecule has 9 nitrogen and oxygen atoms in total. The van der Waals surface area contributed by atoms with Gasteiger partial charge in [-0.1, -0.05) is 12.1 Å². The average Bonchev–Trinajstić information content (AvgIpc) is 2.96. The number of rotatable bonds is 11. The number of nitrogens with one attached hydrogen (secondary N) is 2. The lowest BCUT2D eigenvalue weighted by Gasteiger charge is -2.33. The van der Waals surface area contributed by atoms with Gasteiger partial charge in [0.1, 0.15) is 5.82 Å². The van der Waals surface area contributed by atoms with E-state index in [1.54, 1.807) is 39.7 Å². The Bertz CT molecular complexity index is 1300. The molecule has 220 valence electrons. The molecule has 1 fully saturated rings. The van der Waals surface area contributed by atoms with Crippen molar-refractivity contribution in [2.24, 2.45) is 5.92 Å². The number of hydrogen-bond acceptors (Lipinski definition) is 8. The first-order valence-electron chi connectivity index (χ1n) is 13.3. The molecule has 1 amide bonds. The predicted octanol–water partition coefficient (Wildman–Crippen LogP) is 5.23. The largest absolute Gasteiger partial charge is 0.493 e. The molecule has 4 rings (SSSR count). The lowest BCUT2D eigenvalue weighted by Crippen LogP contribution is -2.38. The standard InChI is InChI=1S/C29H34F3N5O4/c1-39-23-16-22(17-24(40-2)27(23)41-3)35-28-34-13-11-25(36-28)37-14-4-5-20(18-37)15-26(38)33-12-10-19-6-8-21(9-7-19)29(30,31)32/h6-9,11,13,16-17,20H,4-5,10,12,14-15,18H2,1-3H3,(H,33,38)(H,34,35,36). The van der Waals surface area contributed by atoms with Crippen molar-refractivity contribution in [3.63, 3.8) is 0 Å². The molecule has 3 aromatic rings. The van der Waals surface area contributed by atoms with E-state index < -0.39 is 11.7 Å². The van der Waals surface area contributed by atoms with E-state index in [-0.39, 0.29) is 11.8 Å². The number of benzene rings is 2. The van der Waals surface area contributed by atoms with E-state index in [0.29, 0.717) is 54.8 Å². The minimum Gasteiger partial charge on any atom is -0.493 e. The number of halogens is 3. The number of piperidine rings is 1. The van der Waals surface area contributed by atoms with Gasteiger partial charge in [-0.25, -0.2) is 4.98 Å². The summed E-state index contributed by atoms with van der Waals surface area (Å²) in [4.78, 5) is 23.8. The van der Waals surface area contributed by atoms with E-state index >= 15 is 0 Å². The van der Waals surface area contributed by atoms with Crippen molar-refractivity contribution >= 4 is 23.4 Å². The van der Waals surface area contributed by atoms with Crippen molar-refractivity contribution in [2.45, 2.75) is 31.9 Å². The second-order valence-electron chi connectivity index (χ2n) is 9.73. The third-order valence-corrected chi connectivity index (χ3v) is 6.90. The van der Waals surface area contributed by atoms with Crippen LogP contribution in [0.15, 0.2) is 48.7 Å². The summed E-state index contributed by atoms with van der Waals surface area (Å²) < 4.78 is 54.4. The van der Waals surface area contributed by atoms with Crippen molar-refractivity contribution in [3.05, 3.63) is 59.8 Å². The third kappa shape index (κ3) is 7.92. The Balaban J connectivity index is 1.31. The number of methoxy groups -OCH3 is 3. The Morgan fingerprint density at radius 3 is 2.39 bits per heavy atom. The van der Waals surface area contributed by atoms with Gasteiger partial charge in [0.25, 0.3) is 0 Å². The van der Waals surface area contributed by atoms with Crippen LogP contribution in [0.3, 0.4) is 0 Å². The van der Waals surface area contributed by atoms with E-state index in [2.05, 4.69) is 25.5 Å². The number of carbonyl (C=O) groups excluding carboxylic acids is 1. The van der Waals surface area contributed by atoms with Crippen molar-refractivity contribution in [2.75, 3.05) is 51.2 Å². The number of anilines is 3. The lowest BCUT2D eigenvalue weighted by molar-refractivity contribution is -0.137. The van der Waals surface area contributed by atoms with Crippen LogP contribution >= 0.6 is 0 Å². The first-order valence-corrected chi connectivity index (χ1v) is 13.3. The summed E-state index contributed by atoms with van der Waals surface area (Å²) in [6.45, 7) is 1.85. The third-order valence-electron chi connectivity index (χ3n) is 6.90. The topological polar surface area (TPSA) is 97.8 Å². The highest BCUT2D eigenvalue weighted by molar-refractivity contribution is 5.76. The molecule has 1 aliphatic rings. The van der Waals surface area contributed by atoms with E-state index in [4.69, 9.17) is 14.2 Å². The fourth-order valence-corrected chi connectivity index (χ4v) is 4.85. The van der Waals surface area contributed by atoms with Crippen molar-refractivity contribution in [3.8, 4) is 17.2 Å². The van der Waals surface area contributed by atoms with Gasteiger partial charge in [0, 0.05) is 50.1 Å². The Morgan fingerprint density at radius 2 is 1.76 bits per heavy atom. The highest BCUT2D eigenvalue weighted by atomic mass is 19.4. The Labute approximate surface area is 237 Å². The van der Waals surface area contributed by atoms with E-state index in [0.717, 1.165) is 42.9 Å². The fourth-order valence-electron chi connectivity index (χ4n) is 4.85. The monoisotopic (exact) mass is 573 g/mol. The van der Waals surface area contributed by atoms with Gasteiger partial charge in [-0.3, -0.25) is 4.79 Å². The molecule has 0 spiro atoms. The van der Waals surface area contributed by atoms with Gasteiger partial charge >= 0.3 is 6.18 Å². The highest BCUT2D eigenvalue weighted by Crippen LogP contribution is 2.40. The zero-order valence-corrected chi connectivity index (χ0v) is 23.3. The normalized spacial score (nSPS) is 15.3. The van der Waals surface area contributed by atoms with E-state index in [1.165, 1.54) is 12.1 Å². The molecule has 2 aromatic carbocycles. The average molecular weight is 574 g/mol. The molecule has 1 unspecified atom stereocenters. The molecule has 0 radical (unpaired) electrons. The van der Waals surface area contributed by atoms with Crippen LogP contribution in [0.25, 0.3) is 0 Å². The van der Waals surface area contributed by atoms with Crippen LogP contribution < -0.4 is 29.7 Å². The number of alkyl halides is 3. The van der Waals surface area contributed by atoms with E-state index in [9.17, 15) is 18.0 Å². The predicted molar refractivity (Wildman–Crippen MR) is 149 cm³/mol. The molecule has 1 aliphatic heterocycles. The molecular formula is C29H34F3N5O4. The van der Waals surface area contributed by atoms with Gasteiger partial charge in [-0.2, -0.15) is 18.2 Å². The van der Waals surface area contributed by atoms with Crippen LogP contribution in [-0.4, -0.2) is 56.8 Å². The second-order valence-corrected chi connectivity index (χ2v) is 9.73. The van der Waals surface area contributed by atoms with Gasteiger partial charge in [0.2, 0.25) is 17.6 Å². The molecule has 0 bridgehead atoms. The fraction of sp³-hybridized carbons (Fsp3) is 0.414. The summed E-state index contributed by atoms with van der Waals surface area (Å²) in [5.74, 6) is 2.72. The van der Waals surface area contributed by atoms with Gasteiger partial charge in [-0.15, -0.1) is 0 Å². The number of carbonyl (C=O) groups is 1. The van der Waals surface area contributed by atoms with Crippen LogP contribution in [0.2, 0.25) is 0 Å². The summed E-state index contributed by atoms with van der Waals surface area (Å²) in [7, 11) is 4.63. The maximum Gasteiger partial charge on any atom is 0.416 e. The molecule has 12 heteroatoms. The maximum absolute atomic E-state index is 12.7. The molecule has 41 heavy (non-hydrogen) atoms. The van der Waals surface area contributed by atoms with Crippen molar-refractivity contribution in [1.82, 2.24) is 15.3 Å². The van der Waals surface area contributed by atoms with Crippen LogP contribution in [0.1, 0.15) is 30.4 Å². The number of aromatic nitrogens is 2. The van der Waals surface area contributed by atoms with Crippen LogP contribution in [0, 0.1) is 5.92 Å². The molecule has 1 saturated heterocycles. The zero-order valence-electron chi connectivity index (χ0n) is 23.3. The molecule has 0 saturated carbocycles. The number of nitrogens with zero attached hydrogens (tertiary/aromatic N) is 3. The quantitative estimate of drug-likeness (QED) is 0.322.